The molecule has 0 aliphatic carbocycles. The minimum atomic E-state index is -0.261. The highest BCUT2D eigenvalue weighted by molar-refractivity contribution is 6.36. The minimum absolute atomic E-state index is 0.107. The number of halogens is 2. The van der Waals surface area contributed by atoms with Gasteiger partial charge in [0.2, 0.25) is 5.88 Å². The lowest BCUT2D eigenvalue weighted by Crippen LogP contribution is -2.15. The number of benzene rings is 3. The van der Waals surface area contributed by atoms with Crippen LogP contribution < -0.4 is 4.74 Å². The lowest BCUT2D eigenvalue weighted by atomic mass is 9.83. The Balaban J connectivity index is 1.70. The van der Waals surface area contributed by atoms with Gasteiger partial charge in [-0.25, -0.2) is 14.5 Å². The van der Waals surface area contributed by atoms with E-state index < -0.39 is 0 Å². The van der Waals surface area contributed by atoms with E-state index in [4.69, 9.17) is 33.2 Å². The number of hydrogen-bond acceptors (Lipinski definition) is 5. The van der Waals surface area contributed by atoms with Gasteiger partial charge in [-0.15, -0.1) is 5.10 Å². The average Bonchev–Trinajstić information content (AvgIpc) is 3.22. The summed E-state index contributed by atoms with van der Waals surface area (Å²) in [5, 5.41) is 16.6. The first kappa shape index (κ1) is 19.1. The van der Waals surface area contributed by atoms with E-state index in [1.54, 1.807) is 10.8 Å². The number of fused-ring (bicyclic) bond motifs is 6. The summed E-state index contributed by atoms with van der Waals surface area (Å²) in [7, 11) is 0. The SMILES string of the molecule is N#CCc1nc2c3c(ncn2n1)Oc1c(cc(Cl)c2ccccc12)C3c1ccc(Cl)cc1. The Morgan fingerprint density at radius 2 is 1.84 bits per heavy atom. The quantitative estimate of drug-likeness (QED) is 0.321. The Bertz CT molecular complexity index is 1570. The topological polar surface area (TPSA) is 76.1 Å². The van der Waals surface area contributed by atoms with Crippen LogP contribution in [0.2, 0.25) is 10.0 Å². The average molecular weight is 458 g/mol. The first-order valence-electron chi connectivity index (χ1n) is 9.89. The zero-order valence-electron chi connectivity index (χ0n) is 16.5. The van der Waals surface area contributed by atoms with Crippen molar-refractivity contribution in [3.63, 3.8) is 0 Å². The van der Waals surface area contributed by atoms with Gasteiger partial charge >= 0.3 is 0 Å². The number of rotatable bonds is 2. The molecule has 0 spiro atoms. The predicted octanol–water partition coefficient (Wildman–Crippen LogP) is 5.94. The number of aromatic nitrogens is 4. The van der Waals surface area contributed by atoms with Gasteiger partial charge in [-0.05, 0) is 23.8 Å². The fourth-order valence-corrected chi connectivity index (χ4v) is 4.70. The highest BCUT2D eigenvalue weighted by atomic mass is 35.5. The molecular weight excluding hydrogens is 445 g/mol. The molecule has 8 heteroatoms. The van der Waals surface area contributed by atoms with Crippen molar-refractivity contribution in [2.45, 2.75) is 12.3 Å². The summed E-state index contributed by atoms with van der Waals surface area (Å²) in [5.74, 6) is 1.34. The first-order valence-corrected chi connectivity index (χ1v) is 10.6. The van der Waals surface area contributed by atoms with E-state index in [9.17, 15) is 0 Å². The van der Waals surface area contributed by atoms with E-state index >= 15 is 0 Å². The van der Waals surface area contributed by atoms with Gasteiger partial charge in [-0.3, -0.25) is 0 Å². The van der Waals surface area contributed by atoms with Gasteiger partial charge in [-0.2, -0.15) is 5.26 Å². The van der Waals surface area contributed by atoms with Crippen LogP contribution in [-0.2, 0) is 6.42 Å². The minimum Gasteiger partial charge on any atom is -0.438 e. The van der Waals surface area contributed by atoms with Crippen molar-refractivity contribution in [1.29, 1.82) is 5.26 Å². The maximum absolute atomic E-state index is 9.09. The standard InChI is InChI=1S/C24H13Cl2N5O/c25-14-7-5-13(6-8-14)20-17-11-18(26)15-3-1-2-4-16(15)22(17)32-24-21(20)23-29-19(9-10-27)30-31(23)12-28-24/h1-8,11-12,20H,9H2. The van der Waals surface area contributed by atoms with Gasteiger partial charge in [0.25, 0.3) is 0 Å². The Kier molecular flexibility index (Phi) is 4.29. The maximum atomic E-state index is 9.09. The van der Waals surface area contributed by atoms with E-state index in [1.807, 2.05) is 54.6 Å². The Morgan fingerprint density at radius 1 is 1.06 bits per heavy atom. The van der Waals surface area contributed by atoms with Crippen molar-refractivity contribution in [2.24, 2.45) is 0 Å². The van der Waals surface area contributed by atoms with Crippen molar-refractivity contribution in [3.8, 4) is 17.7 Å². The van der Waals surface area contributed by atoms with Crippen molar-refractivity contribution in [1.82, 2.24) is 19.6 Å². The molecule has 0 saturated carbocycles. The third-order valence-electron chi connectivity index (χ3n) is 5.64. The zero-order chi connectivity index (χ0) is 21.8. The van der Waals surface area contributed by atoms with Gasteiger partial charge in [0.1, 0.15) is 12.1 Å². The third kappa shape index (κ3) is 2.83. The summed E-state index contributed by atoms with van der Waals surface area (Å²) in [5.41, 5.74) is 3.26. The molecule has 5 aromatic rings. The van der Waals surface area contributed by atoms with Crippen LogP contribution in [0.3, 0.4) is 0 Å². The maximum Gasteiger partial charge on any atom is 0.228 e. The summed E-state index contributed by atoms with van der Waals surface area (Å²) in [6.07, 6.45) is 1.67. The Labute approximate surface area is 192 Å². The second-order valence-corrected chi connectivity index (χ2v) is 8.35. The number of hydrogen-bond donors (Lipinski definition) is 0. The van der Waals surface area contributed by atoms with Crippen LogP contribution in [0.1, 0.15) is 28.4 Å². The molecule has 3 heterocycles. The molecular formula is C24H13Cl2N5O. The van der Waals surface area contributed by atoms with E-state index in [0.29, 0.717) is 33.1 Å². The molecule has 1 atom stereocenters. The van der Waals surface area contributed by atoms with Crippen LogP contribution in [0.5, 0.6) is 11.6 Å². The third-order valence-corrected chi connectivity index (χ3v) is 6.21. The molecule has 0 radical (unpaired) electrons. The number of ether oxygens (including phenoxy) is 1. The molecule has 3 aromatic carbocycles. The molecule has 2 aromatic heterocycles. The van der Waals surface area contributed by atoms with Crippen molar-refractivity contribution >= 4 is 39.6 Å². The smallest absolute Gasteiger partial charge is 0.228 e. The molecule has 154 valence electrons. The van der Waals surface area contributed by atoms with Crippen LogP contribution >= 0.6 is 23.2 Å². The van der Waals surface area contributed by atoms with E-state index in [-0.39, 0.29) is 12.3 Å². The first-order chi connectivity index (χ1) is 15.6. The molecule has 6 rings (SSSR count). The van der Waals surface area contributed by atoms with E-state index in [2.05, 4.69) is 21.1 Å². The van der Waals surface area contributed by atoms with Gasteiger partial charge < -0.3 is 4.74 Å². The summed E-state index contributed by atoms with van der Waals surface area (Å²) >= 11 is 12.9. The predicted molar refractivity (Wildman–Crippen MR) is 122 cm³/mol. The fourth-order valence-electron chi connectivity index (χ4n) is 4.29. The van der Waals surface area contributed by atoms with E-state index in [0.717, 1.165) is 27.5 Å². The Hall–Kier alpha value is -3.66. The monoisotopic (exact) mass is 457 g/mol. The molecule has 1 unspecified atom stereocenters. The molecule has 0 fully saturated rings. The van der Waals surface area contributed by atoms with E-state index in [1.165, 1.54) is 0 Å². The van der Waals surface area contributed by atoms with Crippen LogP contribution in [0, 0.1) is 11.3 Å². The summed E-state index contributed by atoms with van der Waals surface area (Å²) < 4.78 is 7.95. The highest BCUT2D eigenvalue weighted by Crippen LogP contribution is 2.51. The van der Waals surface area contributed by atoms with Crippen LogP contribution in [-0.4, -0.2) is 19.6 Å². The van der Waals surface area contributed by atoms with Gasteiger partial charge in [0.05, 0.1) is 18.1 Å². The molecule has 0 N–H and O–H groups in total. The Morgan fingerprint density at radius 3 is 2.62 bits per heavy atom. The normalized spacial score (nSPS) is 14.6. The largest absolute Gasteiger partial charge is 0.438 e. The number of nitriles is 1. The molecule has 0 saturated heterocycles. The second-order valence-electron chi connectivity index (χ2n) is 7.50. The molecule has 1 aliphatic heterocycles. The van der Waals surface area contributed by atoms with Gasteiger partial charge in [-0.1, -0.05) is 59.6 Å². The molecule has 0 amide bonds. The van der Waals surface area contributed by atoms with Crippen LogP contribution in [0.15, 0.2) is 60.9 Å². The van der Waals surface area contributed by atoms with Crippen molar-refractivity contribution in [3.05, 3.63) is 93.5 Å². The highest BCUT2D eigenvalue weighted by Gasteiger charge is 2.34. The number of nitrogens with zero attached hydrogens (tertiary/aromatic N) is 5. The second kappa shape index (κ2) is 7.20. The molecule has 0 bridgehead atoms. The lowest BCUT2D eigenvalue weighted by molar-refractivity contribution is 0.437. The molecule has 1 aliphatic rings. The molecule has 6 nitrogen and oxygen atoms in total. The van der Waals surface area contributed by atoms with Gasteiger partial charge in [0.15, 0.2) is 11.5 Å². The zero-order valence-corrected chi connectivity index (χ0v) is 18.0. The van der Waals surface area contributed by atoms with Crippen LogP contribution in [0.4, 0.5) is 0 Å². The van der Waals surface area contributed by atoms with Crippen molar-refractivity contribution in [2.75, 3.05) is 0 Å². The molecule has 32 heavy (non-hydrogen) atoms. The summed E-state index contributed by atoms with van der Waals surface area (Å²) in [6.45, 7) is 0. The van der Waals surface area contributed by atoms with Crippen molar-refractivity contribution < 1.29 is 4.74 Å². The lowest BCUT2D eigenvalue weighted by Gasteiger charge is -2.29. The summed E-state index contributed by atoms with van der Waals surface area (Å²) in [6, 6.07) is 19.6. The summed E-state index contributed by atoms with van der Waals surface area (Å²) in [4.78, 5) is 9.16. The van der Waals surface area contributed by atoms with Gasteiger partial charge in [0, 0.05) is 32.3 Å². The van der Waals surface area contributed by atoms with Crippen LogP contribution in [0.25, 0.3) is 16.4 Å². The fraction of sp³-hybridized carbons (Fsp3) is 0.0833.